The van der Waals surface area contributed by atoms with E-state index in [1.54, 1.807) is 0 Å². The van der Waals surface area contributed by atoms with Gasteiger partial charge in [0, 0.05) is 0 Å². The molecule has 0 unspecified atom stereocenters. The van der Waals surface area contributed by atoms with Gasteiger partial charge in [0.25, 0.3) is 0 Å². The first-order valence-corrected chi connectivity index (χ1v) is 15.5. The van der Waals surface area contributed by atoms with Crippen molar-refractivity contribution in [2.75, 3.05) is 13.2 Å². The SMILES string of the molecule is NCCCCCCCCCCCCCCCCCCCCCCCCCCOP(=O)(O)O. The summed E-state index contributed by atoms with van der Waals surface area (Å²) in [4.78, 5) is 17.2. The van der Waals surface area contributed by atoms with Gasteiger partial charge < -0.3 is 15.5 Å². The van der Waals surface area contributed by atoms with E-state index in [2.05, 4.69) is 4.52 Å². The van der Waals surface area contributed by atoms with Crippen molar-refractivity contribution in [3.05, 3.63) is 0 Å². The van der Waals surface area contributed by atoms with Crippen LogP contribution in [0.5, 0.6) is 0 Å². The molecule has 0 aromatic rings. The molecular weight excluding hydrogens is 421 g/mol. The molecule has 0 spiro atoms. The molecule has 0 aliphatic rings. The Bertz CT molecular complexity index is 403. The Morgan fingerprint density at radius 1 is 0.438 bits per heavy atom. The minimum absolute atomic E-state index is 0.167. The number of phosphoric ester groups is 1. The molecule has 4 N–H and O–H groups in total. The fourth-order valence-corrected chi connectivity index (χ4v) is 4.69. The average molecular weight is 478 g/mol. The lowest BCUT2D eigenvalue weighted by atomic mass is 10.0. The smallest absolute Gasteiger partial charge is 0.330 e. The summed E-state index contributed by atoms with van der Waals surface area (Å²) in [5.74, 6) is 0. The third kappa shape index (κ3) is 30.1. The van der Waals surface area contributed by atoms with E-state index < -0.39 is 7.82 Å². The zero-order valence-corrected chi connectivity index (χ0v) is 22.0. The Hall–Kier alpha value is 0.0700. The van der Waals surface area contributed by atoms with E-state index in [4.69, 9.17) is 15.5 Å². The molecule has 0 aromatic heterocycles. The molecular formula is C26H56NO4P. The van der Waals surface area contributed by atoms with Crippen molar-refractivity contribution in [3.63, 3.8) is 0 Å². The van der Waals surface area contributed by atoms with E-state index in [0.29, 0.717) is 0 Å². The Balaban J connectivity index is 3.03. The van der Waals surface area contributed by atoms with Gasteiger partial charge in [-0.1, -0.05) is 141 Å². The third-order valence-corrected chi connectivity index (χ3v) is 6.88. The highest BCUT2D eigenvalue weighted by atomic mass is 31.2. The second-order valence-electron chi connectivity index (χ2n) is 9.60. The molecule has 0 amide bonds. The van der Waals surface area contributed by atoms with E-state index in [0.717, 1.165) is 25.8 Å². The number of hydrogen-bond donors (Lipinski definition) is 3. The number of unbranched alkanes of at least 4 members (excludes halogenated alkanes) is 23. The van der Waals surface area contributed by atoms with Crippen LogP contribution in [0.25, 0.3) is 0 Å². The molecule has 0 aliphatic heterocycles. The predicted octanol–water partition coefficient (Wildman–Crippen LogP) is 8.42. The summed E-state index contributed by atoms with van der Waals surface area (Å²) in [6.07, 6.45) is 31.9. The average Bonchev–Trinajstić information content (AvgIpc) is 2.75. The number of phosphoric acid groups is 1. The fourth-order valence-electron chi connectivity index (χ4n) is 4.32. The molecule has 0 saturated carbocycles. The molecule has 0 aromatic carbocycles. The third-order valence-electron chi connectivity index (χ3n) is 6.36. The van der Waals surface area contributed by atoms with Gasteiger partial charge in [0.05, 0.1) is 6.61 Å². The van der Waals surface area contributed by atoms with Crippen LogP contribution in [0.2, 0.25) is 0 Å². The molecule has 0 saturated heterocycles. The van der Waals surface area contributed by atoms with E-state index in [9.17, 15) is 4.57 Å². The molecule has 0 radical (unpaired) electrons. The summed E-state index contributed by atoms with van der Waals surface area (Å²) < 4.78 is 15.0. The lowest BCUT2D eigenvalue weighted by molar-refractivity contribution is 0.193. The lowest BCUT2D eigenvalue weighted by Crippen LogP contribution is -1.97. The van der Waals surface area contributed by atoms with Crippen molar-refractivity contribution in [1.82, 2.24) is 0 Å². The molecule has 194 valence electrons. The second-order valence-corrected chi connectivity index (χ2v) is 10.8. The fraction of sp³-hybridized carbons (Fsp3) is 1.00. The largest absolute Gasteiger partial charge is 0.469 e. The molecule has 0 atom stereocenters. The van der Waals surface area contributed by atoms with Crippen molar-refractivity contribution in [2.24, 2.45) is 5.73 Å². The summed E-state index contributed by atoms with van der Waals surface area (Å²) in [7, 11) is -4.27. The maximum atomic E-state index is 10.5. The summed E-state index contributed by atoms with van der Waals surface area (Å²) in [6.45, 7) is 1.02. The minimum Gasteiger partial charge on any atom is -0.330 e. The van der Waals surface area contributed by atoms with Gasteiger partial charge in [-0.25, -0.2) is 4.57 Å². The molecule has 0 bridgehead atoms. The van der Waals surface area contributed by atoms with Crippen molar-refractivity contribution in [3.8, 4) is 0 Å². The topological polar surface area (TPSA) is 92.8 Å². The molecule has 6 heteroatoms. The monoisotopic (exact) mass is 477 g/mol. The maximum Gasteiger partial charge on any atom is 0.469 e. The Labute approximate surface area is 199 Å². The summed E-state index contributed by atoms with van der Waals surface area (Å²) >= 11 is 0. The zero-order valence-electron chi connectivity index (χ0n) is 21.1. The van der Waals surface area contributed by atoms with Gasteiger partial charge in [-0.2, -0.15) is 0 Å². The molecule has 0 heterocycles. The second kappa shape index (κ2) is 25.7. The van der Waals surface area contributed by atoms with Gasteiger partial charge in [-0.05, 0) is 19.4 Å². The zero-order chi connectivity index (χ0) is 23.6. The van der Waals surface area contributed by atoms with Crippen LogP contribution in [-0.2, 0) is 9.09 Å². The van der Waals surface area contributed by atoms with Crippen molar-refractivity contribution in [2.45, 2.75) is 154 Å². The highest BCUT2D eigenvalue weighted by molar-refractivity contribution is 7.46. The van der Waals surface area contributed by atoms with E-state index in [1.807, 2.05) is 0 Å². The number of nitrogens with two attached hydrogens (primary N) is 1. The standard InChI is InChI=1S/C26H56NO4P/c27-25-23-21-19-17-15-13-11-9-7-5-3-1-2-4-6-8-10-12-14-16-18-20-22-24-26-31-32(28,29)30/h1-27H2,(H2,28,29,30). The summed E-state index contributed by atoms with van der Waals surface area (Å²) in [5, 5.41) is 0. The predicted molar refractivity (Wildman–Crippen MR) is 138 cm³/mol. The van der Waals surface area contributed by atoms with Crippen LogP contribution in [0.3, 0.4) is 0 Å². The maximum absolute atomic E-state index is 10.5. The van der Waals surface area contributed by atoms with Crippen LogP contribution >= 0.6 is 7.82 Å². The molecule has 0 aliphatic carbocycles. The first-order valence-electron chi connectivity index (χ1n) is 14.0. The van der Waals surface area contributed by atoms with E-state index in [1.165, 1.54) is 135 Å². The van der Waals surface area contributed by atoms with Crippen LogP contribution < -0.4 is 5.73 Å². The normalized spacial score (nSPS) is 12.0. The van der Waals surface area contributed by atoms with Gasteiger partial charge in [-0.3, -0.25) is 4.52 Å². The van der Waals surface area contributed by atoms with Crippen LogP contribution in [-0.4, -0.2) is 22.9 Å². The van der Waals surface area contributed by atoms with Crippen molar-refractivity contribution < 1.29 is 18.9 Å². The first-order chi connectivity index (χ1) is 15.6. The minimum atomic E-state index is -4.27. The highest BCUT2D eigenvalue weighted by Gasteiger charge is 2.12. The Kier molecular flexibility index (Phi) is 25.7. The van der Waals surface area contributed by atoms with Gasteiger partial charge in [0.2, 0.25) is 0 Å². The number of hydrogen-bond acceptors (Lipinski definition) is 3. The van der Waals surface area contributed by atoms with Crippen LogP contribution in [0, 0.1) is 0 Å². The molecule has 0 fully saturated rings. The summed E-state index contributed by atoms with van der Waals surface area (Å²) in [5.41, 5.74) is 5.52. The van der Waals surface area contributed by atoms with Crippen molar-refractivity contribution in [1.29, 1.82) is 0 Å². The highest BCUT2D eigenvalue weighted by Crippen LogP contribution is 2.35. The molecule has 32 heavy (non-hydrogen) atoms. The lowest BCUT2D eigenvalue weighted by Gasteiger charge is -2.05. The van der Waals surface area contributed by atoms with Gasteiger partial charge >= 0.3 is 7.82 Å². The van der Waals surface area contributed by atoms with Gasteiger partial charge in [0.1, 0.15) is 0 Å². The van der Waals surface area contributed by atoms with E-state index in [-0.39, 0.29) is 6.61 Å². The van der Waals surface area contributed by atoms with E-state index >= 15 is 0 Å². The van der Waals surface area contributed by atoms with Crippen molar-refractivity contribution >= 4 is 7.82 Å². The van der Waals surface area contributed by atoms with Gasteiger partial charge in [-0.15, -0.1) is 0 Å². The van der Waals surface area contributed by atoms with Crippen LogP contribution in [0.15, 0.2) is 0 Å². The Morgan fingerprint density at radius 2 is 0.656 bits per heavy atom. The molecule has 5 nitrogen and oxygen atoms in total. The summed E-state index contributed by atoms with van der Waals surface area (Å²) in [6, 6.07) is 0. The van der Waals surface area contributed by atoms with Crippen LogP contribution in [0.1, 0.15) is 154 Å². The van der Waals surface area contributed by atoms with Crippen LogP contribution in [0.4, 0.5) is 0 Å². The Morgan fingerprint density at radius 3 is 0.875 bits per heavy atom. The first kappa shape index (κ1) is 32.1. The number of rotatable bonds is 27. The quantitative estimate of drug-likeness (QED) is 0.0815. The van der Waals surface area contributed by atoms with Gasteiger partial charge in [0.15, 0.2) is 0 Å². The molecule has 0 rings (SSSR count).